The number of rotatable bonds is 13. The van der Waals surface area contributed by atoms with Crippen LogP contribution in [-0.4, -0.2) is 9.97 Å². The number of aromatic amines is 1. The van der Waals surface area contributed by atoms with Gasteiger partial charge in [0.05, 0.1) is 0 Å². The average Bonchev–Trinajstić information content (AvgIpc) is 3.05. The Morgan fingerprint density at radius 2 is 1.42 bits per heavy atom. The van der Waals surface area contributed by atoms with Crippen LogP contribution in [0.15, 0.2) is 36.5 Å². The fourth-order valence-corrected chi connectivity index (χ4v) is 3.21. The van der Waals surface area contributed by atoms with Crippen LogP contribution in [0.1, 0.15) is 88.2 Å². The van der Waals surface area contributed by atoms with Crippen LogP contribution in [0.25, 0.3) is 0 Å². The van der Waals surface area contributed by atoms with Gasteiger partial charge in [-0.3, -0.25) is 0 Å². The molecular formula is C22H34N2. The molecule has 0 saturated carbocycles. The van der Waals surface area contributed by atoms with E-state index in [1.54, 1.807) is 0 Å². The Hall–Kier alpha value is -1.57. The second-order valence-corrected chi connectivity index (χ2v) is 6.95. The normalized spacial score (nSPS) is 11.0. The first kappa shape index (κ1) is 18.8. The summed E-state index contributed by atoms with van der Waals surface area (Å²) in [6.07, 6.45) is 18.0. The van der Waals surface area contributed by atoms with Gasteiger partial charge in [0, 0.05) is 18.3 Å². The van der Waals surface area contributed by atoms with Crippen LogP contribution in [0.3, 0.4) is 0 Å². The van der Waals surface area contributed by atoms with Crippen molar-refractivity contribution in [2.75, 3.05) is 0 Å². The zero-order valence-electron chi connectivity index (χ0n) is 15.4. The van der Waals surface area contributed by atoms with Crippen LogP contribution < -0.4 is 0 Å². The van der Waals surface area contributed by atoms with E-state index in [0.717, 1.165) is 18.7 Å². The van der Waals surface area contributed by atoms with Crippen molar-refractivity contribution >= 4 is 0 Å². The number of aromatic nitrogens is 2. The summed E-state index contributed by atoms with van der Waals surface area (Å²) in [6.45, 7) is 2.28. The maximum absolute atomic E-state index is 4.52. The third kappa shape index (κ3) is 7.81. The van der Waals surface area contributed by atoms with Gasteiger partial charge in [-0.05, 0) is 18.4 Å². The highest BCUT2D eigenvalue weighted by atomic mass is 14.9. The van der Waals surface area contributed by atoms with Gasteiger partial charge in [0.1, 0.15) is 5.82 Å². The van der Waals surface area contributed by atoms with Gasteiger partial charge in [-0.15, -0.1) is 0 Å². The van der Waals surface area contributed by atoms with Crippen molar-refractivity contribution in [1.29, 1.82) is 0 Å². The van der Waals surface area contributed by atoms with Gasteiger partial charge in [-0.25, -0.2) is 4.98 Å². The highest BCUT2D eigenvalue weighted by Gasteiger charge is 2.02. The van der Waals surface area contributed by atoms with Gasteiger partial charge in [0.25, 0.3) is 0 Å². The van der Waals surface area contributed by atoms with Gasteiger partial charge < -0.3 is 4.98 Å². The van der Waals surface area contributed by atoms with Crippen molar-refractivity contribution in [3.8, 4) is 0 Å². The highest BCUT2D eigenvalue weighted by Crippen LogP contribution is 2.12. The Morgan fingerprint density at radius 3 is 2.08 bits per heavy atom. The van der Waals surface area contributed by atoms with E-state index >= 15 is 0 Å². The van der Waals surface area contributed by atoms with Gasteiger partial charge in [0.2, 0.25) is 0 Å². The maximum Gasteiger partial charge on any atom is 0.110 e. The van der Waals surface area contributed by atoms with E-state index < -0.39 is 0 Å². The minimum Gasteiger partial charge on any atom is -0.346 e. The molecule has 0 fully saturated rings. The van der Waals surface area contributed by atoms with Crippen LogP contribution in [0.2, 0.25) is 0 Å². The number of unbranched alkanes of at least 4 members (excludes halogenated alkanes) is 9. The van der Waals surface area contributed by atoms with Crippen molar-refractivity contribution < 1.29 is 0 Å². The molecule has 0 aliphatic heterocycles. The maximum atomic E-state index is 4.52. The molecule has 0 atom stereocenters. The van der Waals surface area contributed by atoms with Crippen molar-refractivity contribution in [2.24, 2.45) is 0 Å². The third-order valence-electron chi connectivity index (χ3n) is 4.70. The summed E-state index contributed by atoms with van der Waals surface area (Å²) in [6, 6.07) is 10.5. The number of hydrogen-bond acceptors (Lipinski definition) is 1. The van der Waals surface area contributed by atoms with Crippen molar-refractivity contribution in [1.82, 2.24) is 9.97 Å². The molecule has 0 aliphatic rings. The number of benzene rings is 1. The fraction of sp³-hybridized carbons (Fsp3) is 0.591. The number of aryl methyl sites for hydroxylation is 1. The Morgan fingerprint density at radius 1 is 0.792 bits per heavy atom. The second kappa shape index (κ2) is 11.9. The largest absolute Gasteiger partial charge is 0.346 e. The molecule has 1 heterocycles. The van der Waals surface area contributed by atoms with E-state index in [1.165, 1.54) is 75.5 Å². The molecular weight excluding hydrogens is 292 g/mol. The molecule has 2 nitrogen and oxygen atoms in total. The summed E-state index contributed by atoms with van der Waals surface area (Å²) in [5.74, 6) is 1.09. The van der Waals surface area contributed by atoms with E-state index in [1.807, 2.05) is 6.20 Å². The highest BCUT2D eigenvalue weighted by molar-refractivity contribution is 5.19. The van der Waals surface area contributed by atoms with Crippen molar-refractivity contribution in [3.63, 3.8) is 0 Å². The Balaban J connectivity index is 1.51. The molecule has 1 N–H and O–H groups in total. The van der Waals surface area contributed by atoms with Crippen LogP contribution in [0.4, 0.5) is 0 Å². The monoisotopic (exact) mass is 326 g/mol. The number of hydrogen-bond donors (Lipinski definition) is 1. The summed E-state index contributed by atoms with van der Waals surface area (Å²) >= 11 is 0. The topological polar surface area (TPSA) is 28.7 Å². The molecule has 0 radical (unpaired) electrons. The molecule has 2 rings (SSSR count). The smallest absolute Gasteiger partial charge is 0.110 e. The van der Waals surface area contributed by atoms with Gasteiger partial charge in [-0.1, -0.05) is 95.0 Å². The average molecular weight is 327 g/mol. The second-order valence-electron chi connectivity index (χ2n) is 6.95. The summed E-state index contributed by atoms with van der Waals surface area (Å²) in [5.41, 5.74) is 2.61. The molecule has 132 valence electrons. The van der Waals surface area contributed by atoms with E-state index in [2.05, 4.69) is 47.2 Å². The lowest BCUT2D eigenvalue weighted by molar-refractivity contribution is 0.555. The predicted molar refractivity (Wildman–Crippen MR) is 103 cm³/mol. The summed E-state index contributed by atoms with van der Waals surface area (Å²) in [4.78, 5) is 8.00. The SMILES string of the molecule is CCCCCCCCCCCCc1cnc(Cc2ccccc2)[nH]1. The van der Waals surface area contributed by atoms with E-state index in [-0.39, 0.29) is 0 Å². The number of nitrogens with one attached hydrogen (secondary N) is 1. The van der Waals surface area contributed by atoms with Crippen LogP contribution in [0.5, 0.6) is 0 Å². The molecule has 0 unspecified atom stereocenters. The summed E-state index contributed by atoms with van der Waals surface area (Å²) in [5, 5.41) is 0. The van der Waals surface area contributed by atoms with Gasteiger partial charge >= 0.3 is 0 Å². The molecule has 2 heteroatoms. The lowest BCUT2D eigenvalue weighted by Gasteiger charge is -2.02. The lowest BCUT2D eigenvalue weighted by Crippen LogP contribution is -1.91. The molecule has 0 spiro atoms. The number of H-pyrrole nitrogens is 1. The quantitative estimate of drug-likeness (QED) is 0.420. The van der Waals surface area contributed by atoms with Crippen LogP contribution in [0, 0.1) is 0 Å². The molecule has 0 saturated heterocycles. The number of imidazole rings is 1. The standard InChI is InChI=1S/C22H34N2/c1-2-3-4-5-6-7-8-9-10-14-17-21-19-23-22(24-21)18-20-15-12-11-13-16-20/h11-13,15-16,19H,2-10,14,17-18H2,1H3,(H,23,24). The first-order valence-corrected chi connectivity index (χ1v) is 9.95. The van der Waals surface area contributed by atoms with Gasteiger partial charge in [-0.2, -0.15) is 0 Å². The van der Waals surface area contributed by atoms with E-state index in [0.29, 0.717) is 0 Å². The summed E-state index contributed by atoms with van der Waals surface area (Å²) in [7, 11) is 0. The lowest BCUT2D eigenvalue weighted by atomic mass is 10.1. The summed E-state index contributed by atoms with van der Waals surface area (Å²) < 4.78 is 0. The molecule has 24 heavy (non-hydrogen) atoms. The molecule has 1 aromatic carbocycles. The van der Waals surface area contributed by atoms with Crippen LogP contribution >= 0.6 is 0 Å². The zero-order chi connectivity index (χ0) is 16.9. The minimum absolute atomic E-state index is 0.902. The minimum atomic E-state index is 0.902. The van der Waals surface area contributed by atoms with Crippen molar-refractivity contribution in [2.45, 2.75) is 84.0 Å². The molecule has 2 aromatic rings. The first-order chi connectivity index (χ1) is 11.9. The van der Waals surface area contributed by atoms with Crippen molar-refractivity contribution in [3.05, 3.63) is 53.6 Å². The Bertz CT molecular complexity index is 530. The van der Waals surface area contributed by atoms with E-state index in [9.17, 15) is 0 Å². The first-order valence-electron chi connectivity index (χ1n) is 9.95. The number of nitrogens with zero attached hydrogens (tertiary/aromatic N) is 1. The third-order valence-corrected chi connectivity index (χ3v) is 4.70. The Labute approximate surface area is 148 Å². The molecule has 0 bridgehead atoms. The Kier molecular flexibility index (Phi) is 9.29. The van der Waals surface area contributed by atoms with Crippen LogP contribution in [-0.2, 0) is 12.8 Å². The predicted octanol–water partition coefficient (Wildman–Crippen LogP) is 6.46. The van der Waals surface area contributed by atoms with E-state index in [4.69, 9.17) is 0 Å². The zero-order valence-corrected chi connectivity index (χ0v) is 15.4. The molecule has 1 aromatic heterocycles. The van der Waals surface area contributed by atoms with Gasteiger partial charge in [0.15, 0.2) is 0 Å². The molecule has 0 aliphatic carbocycles. The fourth-order valence-electron chi connectivity index (χ4n) is 3.21. The molecule has 0 amide bonds.